The summed E-state index contributed by atoms with van der Waals surface area (Å²) in [6.07, 6.45) is 14.1. The van der Waals surface area contributed by atoms with Crippen LogP contribution in [0.5, 0.6) is 0 Å². The Labute approximate surface area is 135 Å². The average molecular weight is 300 g/mol. The molecule has 0 spiro atoms. The molecule has 0 aromatic carbocycles. The van der Waals surface area contributed by atoms with Crippen LogP contribution >= 0.6 is 0 Å². The van der Waals surface area contributed by atoms with E-state index in [1.807, 2.05) is 6.08 Å². The van der Waals surface area contributed by atoms with Crippen LogP contribution in [0.3, 0.4) is 0 Å². The quantitative estimate of drug-likeness (QED) is 0.592. The van der Waals surface area contributed by atoms with Gasteiger partial charge in [-0.2, -0.15) is 0 Å². The Balaban J connectivity index is 1.67. The fourth-order valence-corrected chi connectivity index (χ4v) is 7.53. The first-order valence-corrected chi connectivity index (χ1v) is 9.66. The van der Waals surface area contributed by atoms with E-state index in [1.165, 1.54) is 51.4 Å². The van der Waals surface area contributed by atoms with Crippen LogP contribution in [0, 0.1) is 40.4 Å². The van der Waals surface area contributed by atoms with Crippen molar-refractivity contribution in [3.63, 3.8) is 0 Å². The van der Waals surface area contributed by atoms with E-state index in [9.17, 15) is 4.79 Å². The number of Topliss-reactive ketones (excluding diaryl/α,β-unsaturated/α-hetero) is 1. The van der Waals surface area contributed by atoms with Crippen LogP contribution in [0.25, 0.3) is 0 Å². The molecule has 0 aliphatic heterocycles. The van der Waals surface area contributed by atoms with Gasteiger partial charge in [0.25, 0.3) is 0 Å². The lowest BCUT2D eigenvalue weighted by Gasteiger charge is -2.60. The number of hydrogen-bond donors (Lipinski definition) is 0. The molecular formula is C21H32O. The predicted molar refractivity (Wildman–Crippen MR) is 90.4 cm³/mol. The van der Waals surface area contributed by atoms with Gasteiger partial charge in [0.05, 0.1) is 0 Å². The second-order valence-corrected chi connectivity index (χ2v) is 9.33. The Morgan fingerprint density at radius 3 is 2.59 bits per heavy atom. The van der Waals surface area contributed by atoms with E-state index in [1.54, 1.807) is 0 Å². The van der Waals surface area contributed by atoms with Gasteiger partial charge in [-0.25, -0.2) is 0 Å². The highest BCUT2D eigenvalue weighted by Gasteiger charge is 2.61. The van der Waals surface area contributed by atoms with Gasteiger partial charge in [0, 0.05) is 12.3 Å². The minimum Gasteiger partial charge on any atom is -0.299 e. The van der Waals surface area contributed by atoms with Crippen molar-refractivity contribution in [3.8, 4) is 0 Å². The lowest BCUT2D eigenvalue weighted by Crippen LogP contribution is -2.52. The summed E-state index contributed by atoms with van der Waals surface area (Å²) >= 11 is 0. The zero-order valence-electron chi connectivity index (χ0n) is 14.4. The summed E-state index contributed by atoms with van der Waals surface area (Å²) in [6, 6.07) is 0. The normalized spacial score (nSPS) is 54.3. The Morgan fingerprint density at radius 2 is 1.82 bits per heavy atom. The molecule has 1 unspecified atom stereocenters. The van der Waals surface area contributed by atoms with E-state index in [2.05, 4.69) is 20.4 Å². The summed E-state index contributed by atoms with van der Waals surface area (Å²) < 4.78 is 0. The molecule has 22 heavy (non-hydrogen) atoms. The molecule has 4 rings (SSSR count). The maximum absolute atomic E-state index is 12.5. The maximum Gasteiger partial charge on any atom is 0.140 e. The maximum atomic E-state index is 12.5. The van der Waals surface area contributed by atoms with Gasteiger partial charge in [-0.15, -0.1) is 6.58 Å². The third-order valence-electron chi connectivity index (χ3n) is 8.74. The first kappa shape index (κ1) is 15.0. The van der Waals surface area contributed by atoms with Gasteiger partial charge in [0.1, 0.15) is 5.78 Å². The van der Waals surface area contributed by atoms with Gasteiger partial charge >= 0.3 is 0 Å². The summed E-state index contributed by atoms with van der Waals surface area (Å²) in [4.78, 5) is 12.5. The molecule has 0 radical (unpaired) electrons. The molecule has 0 amide bonds. The fraction of sp³-hybridized carbons (Fsp3) is 0.857. The number of carbonyl (C=O) groups excluding carboxylic acids is 1. The molecule has 1 nitrogen and oxygen atoms in total. The van der Waals surface area contributed by atoms with Crippen molar-refractivity contribution >= 4 is 5.78 Å². The van der Waals surface area contributed by atoms with Crippen LogP contribution in [-0.4, -0.2) is 5.78 Å². The molecule has 0 N–H and O–H groups in total. The van der Waals surface area contributed by atoms with Gasteiger partial charge in [-0.1, -0.05) is 32.8 Å². The molecule has 0 saturated heterocycles. The molecule has 4 aliphatic carbocycles. The van der Waals surface area contributed by atoms with E-state index in [0.29, 0.717) is 17.1 Å². The number of carbonyl (C=O) groups is 1. The molecule has 7 atom stereocenters. The fourth-order valence-electron chi connectivity index (χ4n) is 7.53. The van der Waals surface area contributed by atoms with Crippen LogP contribution in [0.2, 0.25) is 0 Å². The smallest absolute Gasteiger partial charge is 0.140 e. The van der Waals surface area contributed by atoms with Crippen LogP contribution in [0.4, 0.5) is 0 Å². The Bertz CT molecular complexity index is 494. The molecule has 4 fully saturated rings. The number of ketones is 1. The zero-order chi connectivity index (χ0) is 15.5. The molecule has 0 aromatic rings. The Hall–Kier alpha value is -0.590. The van der Waals surface area contributed by atoms with Crippen LogP contribution in [0.1, 0.15) is 71.6 Å². The first-order chi connectivity index (χ1) is 10.5. The van der Waals surface area contributed by atoms with Gasteiger partial charge in [-0.05, 0) is 73.0 Å². The van der Waals surface area contributed by atoms with Crippen molar-refractivity contribution in [2.24, 2.45) is 40.4 Å². The van der Waals surface area contributed by atoms with E-state index in [-0.39, 0.29) is 11.3 Å². The monoisotopic (exact) mass is 300 g/mol. The van der Waals surface area contributed by atoms with Gasteiger partial charge < -0.3 is 0 Å². The second-order valence-electron chi connectivity index (χ2n) is 9.33. The summed E-state index contributed by atoms with van der Waals surface area (Å²) in [7, 11) is 0. The van der Waals surface area contributed by atoms with E-state index >= 15 is 0 Å². The summed E-state index contributed by atoms with van der Waals surface area (Å²) in [5, 5.41) is 0. The van der Waals surface area contributed by atoms with Gasteiger partial charge in [0.2, 0.25) is 0 Å². The van der Waals surface area contributed by atoms with E-state index in [0.717, 1.165) is 24.2 Å². The van der Waals surface area contributed by atoms with Crippen molar-refractivity contribution in [2.75, 3.05) is 0 Å². The average Bonchev–Trinajstić information content (AvgIpc) is 2.76. The Kier molecular flexibility index (Phi) is 3.37. The molecular weight excluding hydrogens is 268 g/mol. The minimum absolute atomic E-state index is 0.135. The van der Waals surface area contributed by atoms with Gasteiger partial charge in [-0.3, -0.25) is 4.79 Å². The summed E-state index contributed by atoms with van der Waals surface area (Å²) in [5.74, 6) is 3.93. The van der Waals surface area contributed by atoms with E-state index < -0.39 is 0 Å². The molecule has 0 bridgehead atoms. The zero-order valence-corrected chi connectivity index (χ0v) is 14.4. The number of hydrogen-bond acceptors (Lipinski definition) is 1. The lowest BCUT2D eigenvalue weighted by atomic mass is 9.45. The summed E-state index contributed by atoms with van der Waals surface area (Å²) in [5.41, 5.74) is 0.801. The molecule has 1 heteroatoms. The Morgan fingerprint density at radius 1 is 1.00 bits per heavy atom. The van der Waals surface area contributed by atoms with Crippen molar-refractivity contribution in [3.05, 3.63) is 12.7 Å². The van der Waals surface area contributed by atoms with Crippen molar-refractivity contribution < 1.29 is 4.79 Å². The van der Waals surface area contributed by atoms with Crippen LogP contribution < -0.4 is 0 Å². The minimum atomic E-state index is 0.135. The molecule has 122 valence electrons. The summed E-state index contributed by atoms with van der Waals surface area (Å²) in [6.45, 7) is 9.00. The van der Waals surface area contributed by atoms with Crippen LogP contribution in [-0.2, 0) is 4.79 Å². The van der Waals surface area contributed by atoms with Crippen molar-refractivity contribution in [1.82, 2.24) is 0 Å². The highest BCUT2D eigenvalue weighted by atomic mass is 16.1. The standard InChI is InChI=1S/C21H32O/c1-4-16-19(22)13-18-15-9-8-14-7-5-6-11-20(14,2)17(15)10-12-21(16,18)3/h4,14-18H,1,5-13H2,2-3H3/t14?,15-,16+,17+,18+,20+,21-/m1/s1. The highest BCUT2D eigenvalue weighted by Crippen LogP contribution is 2.66. The van der Waals surface area contributed by atoms with E-state index in [4.69, 9.17) is 0 Å². The number of fused-ring (bicyclic) bond motifs is 5. The molecule has 4 saturated carbocycles. The third-order valence-corrected chi connectivity index (χ3v) is 8.74. The second kappa shape index (κ2) is 4.95. The third kappa shape index (κ3) is 1.80. The SMILES string of the molecule is C=C[C@H]1C(=O)C[C@H]2[C@@H]3CCC4CCCC[C@]4(C)[C@H]3CC[C@]12C. The lowest BCUT2D eigenvalue weighted by molar-refractivity contribution is -0.120. The topological polar surface area (TPSA) is 17.1 Å². The van der Waals surface area contributed by atoms with Gasteiger partial charge in [0.15, 0.2) is 0 Å². The van der Waals surface area contributed by atoms with Crippen molar-refractivity contribution in [1.29, 1.82) is 0 Å². The predicted octanol–water partition coefficient (Wildman–Crippen LogP) is 5.40. The molecule has 0 aromatic heterocycles. The first-order valence-electron chi connectivity index (χ1n) is 9.66. The largest absolute Gasteiger partial charge is 0.299 e. The number of allylic oxidation sites excluding steroid dienone is 1. The molecule has 4 aliphatic rings. The molecule has 0 heterocycles. The number of rotatable bonds is 1. The van der Waals surface area contributed by atoms with Crippen molar-refractivity contribution in [2.45, 2.75) is 71.6 Å². The highest BCUT2D eigenvalue weighted by molar-refractivity contribution is 5.86. The van der Waals surface area contributed by atoms with Crippen LogP contribution in [0.15, 0.2) is 12.7 Å².